The Morgan fingerprint density at radius 2 is 1.73 bits per heavy atom. The number of para-hydroxylation sites is 1. The summed E-state index contributed by atoms with van der Waals surface area (Å²) in [5.74, 6) is 1.49. The smallest absolute Gasteiger partial charge is 0.179 e. The van der Waals surface area contributed by atoms with Crippen molar-refractivity contribution in [1.29, 1.82) is 0 Å². The second-order valence-corrected chi connectivity index (χ2v) is 7.02. The Morgan fingerprint density at radius 3 is 2.67 bits per heavy atom. The van der Waals surface area contributed by atoms with Crippen molar-refractivity contribution in [2.45, 2.75) is 13.0 Å². The van der Waals surface area contributed by atoms with E-state index in [2.05, 4.69) is 55.9 Å². The first-order valence-corrected chi connectivity index (χ1v) is 9.73. The molecular weight excluding hydrogens is 374 g/mol. The van der Waals surface area contributed by atoms with Crippen LogP contribution in [0.25, 0.3) is 22.3 Å². The van der Waals surface area contributed by atoms with Crippen LogP contribution in [-0.2, 0) is 13.0 Å². The Hall–Kier alpha value is -4.06. The highest BCUT2D eigenvalue weighted by Crippen LogP contribution is 2.24. The second kappa shape index (κ2) is 8.13. The fraction of sp³-hybridized carbons (Fsp3) is 0.0833. The lowest BCUT2D eigenvalue weighted by atomic mass is 9.99. The van der Waals surface area contributed by atoms with Crippen LogP contribution in [0, 0.1) is 0 Å². The van der Waals surface area contributed by atoms with Crippen LogP contribution in [0.4, 0.5) is 0 Å². The van der Waals surface area contributed by atoms with E-state index in [1.54, 1.807) is 0 Å². The summed E-state index contributed by atoms with van der Waals surface area (Å²) in [7, 11) is 0. The van der Waals surface area contributed by atoms with Crippen molar-refractivity contribution in [1.82, 2.24) is 25.6 Å². The number of hydrogen-bond donors (Lipinski definition) is 1. The zero-order valence-electron chi connectivity index (χ0n) is 16.2. The molecule has 0 spiro atoms. The number of ether oxygens (including phenoxy) is 1. The Kier molecular flexibility index (Phi) is 4.88. The summed E-state index contributed by atoms with van der Waals surface area (Å²) in [4.78, 5) is 4.67. The fourth-order valence-electron chi connectivity index (χ4n) is 3.49. The van der Waals surface area contributed by atoms with E-state index in [1.807, 2.05) is 54.6 Å². The molecule has 30 heavy (non-hydrogen) atoms. The molecule has 0 atom stereocenters. The normalized spacial score (nSPS) is 10.9. The molecule has 3 aromatic carbocycles. The molecule has 0 aliphatic heterocycles. The van der Waals surface area contributed by atoms with Gasteiger partial charge in [-0.2, -0.15) is 0 Å². The molecule has 2 aromatic heterocycles. The van der Waals surface area contributed by atoms with Gasteiger partial charge in [-0.3, -0.25) is 0 Å². The zero-order chi connectivity index (χ0) is 20.2. The van der Waals surface area contributed by atoms with Gasteiger partial charge in [0.1, 0.15) is 12.4 Å². The van der Waals surface area contributed by atoms with Crippen LogP contribution in [-0.4, -0.2) is 25.6 Å². The number of pyridine rings is 1. The van der Waals surface area contributed by atoms with Crippen LogP contribution >= 0.6 is 0 Å². The summed E-state index contributed by atoms with van der Waals surface area (Å²) < 4.78 is 6.02. The predicted molar refractivity (Wildman–Crippen MR) is 115 cm³/mol. The van der Waals surface area contributed by atoms with E-state index in [4.69, 9.17) is 4.74 Å². The molecule has 6 heteroatoms. The van der Waals surface area contributed by atoms with Gasteiger partial charge >= 0.3 is 0 Å². The van der Waals surface area contributed by atoms with Crippen molar-refractivity contribution in [3.63, 3.8) is 0 Å². The van der Waals surface area contributed by atoms with Crippen LogP contribution in [0.2, 0.25) is 0 Å². The predicted octanol–water partition coefficient (Wildman–Crippen LogP) is 4.58. The first-order valence-electron chi connectivity index (χ1n) is 9.73. The summed E-state index contributed by atoms with van der Waals surface area (Å²) in [6.07, 6.45) is 0.752. The molecule has 5 rings (SSSR count). The Morgan fingerprint density at radius 1 is 0.833 bits per heavy atom. The van der Waals surface area contributed by atoms with Gasteiger partial charge in [0.25, 0.3) is 0 Å². The molecule has 0 aliphatic rings. The number of aromatic amines is 1. The van der Waals surface area contributed by atoms with Gasteiger partial charge < -0.3 is 4.74 Å². The highest BCUT2D eigenvalue weighted by molar-refractivity contribution is 5.78. The van der Waals surface area contributed by atoms with Crippen molar-refractivity contribution in [3.8, 4) is 17.1 Å². The molecule has 0 saturated carbocycles. The standard InChI is InChI=1S/C24H19N5O/c1-3-10-22(24-26-28-29-27-24)19(8-1)14-17-6-5-9-21(15-17)30-16-20-13-12-18-7-2-4-11-23(18)25-20/h1-13,15H,14,16H2,(H,26,27,28,29). The average Bonchev–Trinajstić information content (AvgIpc) is 3.33. The molecule has 1 N–H and O–H groups in total. The molecule has 0 unspecified atom stereocenters. The average molecular weight is 393 g/mol. The first kappa shape index (κ1) is 18.0. The monoisotopic (exact) mass is 393 g/mol. The van der Waals surface area contributed by atoms with Gasteiger partial charge in [-0.05, 0) is 52.2 Å². The third-order valence-corrected chi connectivity index (χ3v) is 4.95. The molecule has 2 heterocycles. The largest absolute Gasteiger partial charge is 0.487 e. The number of hydrogen-bond acceptors (Lipinski definition) is 5. The van der Waals surface area contributed by atoms with Crippen LogP contribution in [0.1, 0.15) is 16.8 Å². The lowest BCUT2D eigenvalue weighted by molar-refractivity contribution is 0.301. The Labute approximate surface area is 173 Å². The maximum Gasteiger partial charge on any atom is 0.179 e. The molecule has 0 radical (unpaired) electrons. The van der Waals surface area contributed by atoms with Crippen LogP contribution in [0.5, 0.6) is 5.75 Å². The van der Waals surface area contributed by atoms with E-state index in [-0.39, 0.29) is 0 Å². The highest BCUT2D eigenvalue weighted by atomic mass is 16.5. The van der Waals surface area contributed by atoms with Gasteiger partial charge in [-0.1, -0.05) is 60.7 Å². The second-order valence-electron chi connectivity index (χ2n) is 7.02. The van der Waals surface area contributed by atoms with Gasteiger partial charge in [0, 0.05) is 10.9 Å². The Balaban J connectivity index is 1.32. The van der Waals surface area contributed by atoms with Gasteiger partial charge in [-0.25, -0.2) is 10.1 Å². The number of aromatic nitrogens is 5. The number of fused-ring (bicyclic) bond motifs is 1. The molecular formula is C24H19N5O. The minimum atomic E-state index is 0.425. The van der Waals surface area contributed by atoms with Crippen molar-refractivity contribution >= 4 is 10.9 Å². The SMILES string of the molecule is c1cc(Cc2ccccc2-c2nnn[nH]2)cc(OCc2ccc3ccccc3n2)c1. The third-order valence-electron chi connectivity index (χ3n) is 4.95. The van der Waals surface area contributed by atoms with Crippen molar-refractivity contribution < 1.29 is 4.74 Å². The van der Waals surface area contributed by atoms with Crippen LogP contribution in [0.3, 0.4) is 0 Å². The summed E-state index contributed by atoms with van der Waals surface area (Å²) in [6, 6.07) is 28.4. The van der Waals surface area contributed by atoms with Gasteiger partial charge in [-0.15, -0.1) is 5.10 Å². The minimum Gasteiger partial charge on any atom is -0.487 e. The zero-order valence-corrected chi connectivity index (χ0v) is 16.2. The molecule has 0 fully saturated rings. The van der Waals surface area contributed by atoms with Crippen molar-refractivity contribution in [2.24, 2.45) is 0 Å². The molecule has 0 bridgehead atoms. The third kappa shape index (κ3) is 3.89. The van der Waals surface area contributed by atoms with Gasteiger partial charge in [0.15, 0.2) is 5.82 Å². The number of rotatable bonds is 6. The maximum absolute atomic E-state index is 6.02. The van der Waals surface area contributed by atoms with E-state index < -0.39 is 0 Å². The van der Waals surface area contributed by atoms with E-state index in [9.17, 15) is 0 Å². The first-order chi connectivity index (χ1) is 14.8. The number of benzene rings is 3. The number of nitrogens with zero attached hydrogens (tertiary/aromatic N) is 4. The topological polar surface area (TPSA) is 76.6 Å². The summed E-state index contributed by atoms with van der Waals surface area (Å²) in [6.45, 7) is 0.425. The number of H-pyrrole nitrogens is 1. The fourth-order valence-corrected chi connectivity index (χ4v) is 3.49. The Bertz CT molecular complexity index is 1280. The van der Waals surface area contributed by atoms with Crippen LogP contribution in [0.15, 0.2) is 84.9 Å². The molecule has 0 aliphatic carbocycles. The highest BCUT2D eigenvalue weighted by Gasteiger charge is 2.09. The van der Waals surface area contributed by atoms with Crippen molar-refractivity contribution in [2.75, 3.05) is 0 Å². The molecule has 146 valence electrons. The van der Waals surface area contributed by atoms with Crippen LogP contribution < -0.4 is 4.74 Å². The molecule has 0 amide bonds. The summed E-state index contributed by atoms with van der Waals surface area (Å²) >= 11 is 0. The lowest BCUT2D eigenvalue weighted by Gasteiger charge is -2.10. The number of tetrazole rings is 1. The maximum atomic E-state index is 6.02. The molecule has 0 saturated heterocycles. The minimum absolute atomic E-state index is 0.425. The van der Waals surface area contributed by atoms with Crippen molar-refractivity contribution in [3.05, 3.63) is 102 Å². The lowest BCUT2D eigenvalue weighted by Crippen LogP contribution is -1.99. The summed E-state index contributed by atoms with van der Waals surface area (Å²) in [5, 5.41) is 15.4. The molecule has 5 aromatic rings. The quantitative estimate of drug-likeness (QED) is 0.457. The van der Waals surface area contributed by atoms with Gasteiger partial charge in [0.2, 0.25) is 0 Å². The van der Waals surface area contributed by atoms with Gasteiger partial charge in [0.05, 0.1) is 11.2 Å². The van der Waals surface area contributed by atoms with E-state index >= 15 is 0 Å². The van der Waals surface area contributed by atoms with E-state index in [0.29, 0.717) is 12.4 Å². The van der Waals surface area contributed by atoms with E-state index in [1.165, 1.54) is 0 Å². The number of nitrogens with one attached hydrogen (secondary N) is 1. The molecule has 6 nitrogen and oxygen atoms in total. The van der Waals surface area contributed by atoms with E-state index in [0.717, 1.165) is 45.5 Å². The summed E-state index contributed by atoms with van der Waals surface area (Å²) in [5.41, 5.74) is 5.17.